The number of hydrogen-bond acceptors (Lipinski definition) is 2. The monoisotopic (exact) mass is 366 g/mol. The van der Waals surface area contributed by atoms with Crippen molar-refractivity contribution < 1.29 is 0 Å². The fraction of sp³-hybridized carbons (Fsp3) is 0.333. The molecule has 0 radical (unpaired) electrons. The third-order valence-electron chi connectivity index (χ3n) is 3.61. The normalized spacial score (nSPS) is 13.0. The molecule has 0 spiro atoms. The summed E-state index contributed by atoms with van der Waals surface area (Å²) in [7, 11) is 1.96. The minimum Gasteiger partial charge on any atom is -0.326 e. The van der Waals surface area contributed by atoms with E-state index in [0.29, 0.717) is 0 Å². The molecule has 0 aliphatic heterocycles. The van der Waals surface area contributed by atoms with Gasteiger partial charge in [-0.25, -0.2) is 4.98 Å². The lowest BCUT2D eigenvalue weighted by molar-refractivity contribution is 0.624. The molecule has 21 heavy (non-hydrogen) atoms. The Morgan fingerprint density at radius 3 is 2.81 bits per heavy atom. The second kappa shape index (κ2) is 5.81. The molecule has 0 aliphatic rings. The molecule has 6 heteroatoms. The van der Waals surface area contributed by atoms with Crippen LogP contribution in [0.5, 0.6) is 0 Å². The number of nitrogens with zero attached hydrogens (tertiary/aromatic N) is 4. The molecule has 0 saturated heterocycles. The van der Waals surface area contributed by atoms with E-state index in [-0.39, 0.29) is 5.38 Å². The summed E-state index contributed by atoms with van der Waals surface area (Å²) in [5.41, 5.74) is 3.28. The fourth-order valence-corrected chi connectivity index (χ4v) is 3.05. The summed E-state index contributed by atoms with van der Waals surface area (Å²) in [4.78, 5) is 4.67. The van der Waals surface area contributed by atoms with Crippen LogP contribution < -0.4 is 0 Å². The number of fused-ring (bicyclic) bond motifs is 1. The molecule has 0 bridgehead atoms. The molecule has 0 aliphatic carbocycles. The Hall–Kier alpha value is -1.33. The van der Waals surface area contributed by atoms with Crippen LogP contribution in [-0.2, 0) is 20.0 Å². The Kier molecular flexibility index (Phi) is 4.04. The van der Waals surface area contributed by atoms with Crippen LogP contribution in [0.2, 0.25) is 0 Å². The quantitative estimate of drug-likeness (QED) is 0.652. The predicted molar refractivity (Wildman–Crippen MR) is 88.6 cm³/mol. The third-order valence-corrected chi connectivity index (χ3v) is 4.30. The van der Waals surface area contributed by atoms with E-state index in [1.54, 1.807) is 0 Å². The van der Waals surface area contributed by atoms with Crippen molar-refractivity contribution in [3.8, 4) is 0 Å². The van der Waals surface area contributed by atoms with Gasteiger partial charge in [0.05, 0.1) is 16.4 Å². The van der Waals surface area contributed by atoms with Gasteiger partial charge in [-0.15, -0.1) is 11.6 Å². The fourth-order valence-electron chi connectivity index (χ4n) is 2.53. The van der Waals surface area contributed by atoms with Gasteiger partial charge in [-0.2, -0.15) is 5.10 Å². The van der Waals surface area contributed by atoms with Crippen LogP contribution in [0.15, 0.2) is 34.9 Å². The molecule has 2 aromatic heterocycles. The maximum atomic E-state index is 6.30. The van der Waals surface area contributed by atoms with Gasteiger partial charge >= 0.3 is 0 Å². The number of halogens is 2. The smallest absolute Gasteiger partial charge is 0.127 e. The summed E-state index contributed by atoms with van der Waals surface area (Å²) >= 11 is 9.79. The van der Waals surface area contributed by atoms with Gasteiger partial charge in [0, 0.05) is 36.4 Å². The molecule has 4 nitrogen and oxygen atoms in total. The van der Waals surface area contributed by atoms with Crippen molar-refractivity contribution >= 4 is 38.6 Å². The summed E-state index contributed by atoms with van der Waals surface area (Å²) in [6.45, 7) is 2.79. The van der Waals surface area contributed by atoms with Crippen molar-refractivity contribution in [2.24, 2.45) is 7.05 Å². The van der Waals surface area contributed by atoms with Crippen LogP contribution in [0.1, 0.15) is 23.8 Å². The number of rotatable bonds is 4. The number of benzene rings is 1. The lowest BCUT2D eigenvalue weighted by atomic mass is 10.2. The van der Waals surface area contributed by atoms with Gasteiger partial charge in [0.15, 0.2) is 0 Å². The highest BCUT2D eigenvalue weighted by molar-refractivity contribution is 9.10. The highest BCUT2D eigenvalue weighted by atomic mass is 79.9. The molecule has 110 valence electrons. The number of hydrogen-bond donors (Lipinski definition) is 0. The van der Waals surface area contributed by atoms with E-state index in [1.807, 2.05) is 43.0 Å². The summed E-state index contributed by atoms with van der Waals surface area (Å²) < 4.78 is 5.13. The number of imidazole rings is 1. The molecule has 0 N–H and O–H groups in total. The minimum atomic E-state index is -0.122. The largest absolute Gasteiger partial charge is 0.326 e. The van der Waals surface area contributed by atoms with E-state index in [0.717, 1.165) is 34.3 Å². The van der Waals surface area contributed by atoms with Crippen molar-refractivity contribution in [2.45, 2.75) is 25.3 Å². The molecular weight excluding hydrogens is 352 g/mol. The highest BCUT2D eigenvalue weighted by Gasteiger charge is 2.15. The first kappa shape index (κ1) is 14.6. The van der Waals surface area contributed by atoms with Crippen LogP contribution in [0.3, 0.4) is 0 Å². The number of alkyl halides is 1. The third kappa shape index (κ3) is 2.85. The molecule has 1 atom stereocenters. The standard InChI is InChI=1S/C15H16BrClN4/c1-10(17)15-19-13-9-11(16)3-4-14(13)21(15)8-6-12-5-7-18-20(12)2/h3-5,7,9-10H,6,8H2,1-2H3. The predicted octanol–water partition coefficient (Wildman–Crippen LogP) is 4.07. The van der Waals surface area contributed by atoms with Crippen molar-refractivity contribution in [1.29, 1.82) is 0 Å². The van der Waals surface area contributed by atoms with E-state index in [2.05, 4.69) is 36.6 Å². The lowest BCUT2D eigenvalue weighted by Crippen LogP contribution is -2.09. The van der Waals surface area contributed by atoms with Gasteiger partial charge in [-0.1, -0.05) is 15.9 Å². The maximum absolute atomic E-state index is 6.30. The van der Waals surface area contributed by atoms with Crippen LogP contribution in [0.4, 0.5) is 0 Å². The summed E-state index contributed by atoms with van der Waals surface area (Å²) in [5.74, 6) is 0.909. The Morgan fingerprint density at radius 1 is 1.33 bits per heavy atom. The van der Waals surface area contributed by atoms with E-state index < -0.39 is 0 Å². The van der Waals surface area contributed by atoms with Gasteiger partial charge < -0.3 is 4.57 Å². The second-order valence-electron chi connectivity index (χ2n) is 5.07. The highest BCUT2D eigenvalue weighted by Crippen LogP contribution is 2.27. The zero-order valence-electron chi connectivity index (χ0n) is 11.9. The van der Waals surface area contributed by atoms with Gasteiger partial charge in [0.25, 0.3) is 0 Å². The lowest BCUT2D eigenvalue weighted by Gasteiger charge is -2.10. The molecule has 0 amide bonds. The van der Waals surface area contributed by atoms with Crippen molar-refractivity contribution in [1.82, 2.24) is 19.3 Å². The second-order valence-corrected chi connectivity index (χ2v) is 6.64. The van der Waals surface area contributed by atoms with Crippen molar-refractivity contribution in [2.75, 3.05) is 0 Å². The Bertz CT molecular complexity index is 775. The summed E-state index contributed by atoms with van der Waals surface area (Å²) in [6, 6.07) is 8.18. The maximum Gasteiger partial charge on any atom is 0.127 e. The SMILES string of the molecule is CC(Cl)c1nc2cc(Br)ccc2n1CCc1ccnn1C. The molecule has 0 saturated carbocycles. The first-order valence-corrected chi connectivity index (χ1v) is 8.06. The molecule has 3 rings (SSSR count). The van der Waals surface area contributed by atoms with Gasteiger partial charge in [0.1, 0.15) is 5.82 Å². The summed E-state index contributed by atoms with van der Waals surface area (Å²) in [5, 5.41) is 4.09. The van der Waals surface area contributed by atoms with E-state index in [9.17, 15) is 0 Å². The zero-order valence-corrected chi connectivity index (χ0v) is 14.3. The molecule has 2 heterocycles. The number of aryl methyl sites for hydroxylation is 3. The number of aromatic nitrogens is 4. The van der Waals surface area contributed by atoms with Crippen molar-refractivity contribution in [3.05, 3.63) is 46.5 Å². The van der Waals surface area contributed by atoms with Gasteiger partial charge in [0.2, 0.25) is 0 Å². The van der Waals surface area contributed by atoms with Gasteiger partial charge in [-0.3, -0.25) is 4.68 Å². The van der Waals surface area contributed by atoms with Gasteiger partial charge in [-0.05, 0) is 31.2 Å². The topological polar surface area (TPSA) is 35.6 Å². The van der Waals surface area contributed by atoms with E-state index in [1.165, 1.54) is 5.69 Å². The van der Waals surface area contributed by atoms with E-state index in [4.69, 9.17) is 11.6 Å². The van der Waals surface area contributed by atoms with Crippen molar-refractivity contribution in [3.63, 3.8) is 0 Å². The van der Waals surface area contributed by atoms with E-state index >= 15 is 0 Å². The molecule has 1 unspecified atom stereocenters. The summed E-state index contributed by atoms with van der Waals surface area (Å²) in [6.07, 6.45) is 2.72. The average molecular weight is 368 g/mol. The molecule has 0 fully saturated rings. The zero-order chi connectivity index (χ0) is 15.0. The van der Waals surface area contributed by atoms with Crippen LogP contribution in [0, 0.1) is 0 Å². The van der Waals surface area contributed by atoms with Crippen LogP contribution >= 0.6 is 27.5 Å². The first-order valence-electron chi connectivity index (χ1n) is 6.83. The minimum absolute atomic E-state index is 0.122. The first-order chi connectivity index (χ1) is 10.1. The average Bonchev–Trinajstić information content (AvgIpc) is 2.99. The molecule has 1 aromatic carbocycles. The Balaban J connectivity index is 1.99. The Morgan fingerprint density at radius 2 is 2.14 bits per heavy atom. The van der Waals surface area contributed by atoms with Crippen LogP contribution in [-0.4, -0.2) is 19.3 Å². The molecular formula is C15H16BrClN4. The Labute approximate surface area is 136 Å². The van der Waals surface area contributed by atoms with Crippen LogP contribution in [0.25, 0.3) is 11.0 Å². The molecule has 3 aromatic rings.